The van der Waals surface area contributed by atoms with Crippen LogP contribution in [-0.2, 0) is 11.3 Å². The highest BCUT2D eigenvalue weighted by molar-refractivity contribution is 5.87. The Hall–Kier alpha value is -3.01. The van der Waals surface area contributed by atoms with Crippen molar-refractivity contribution in [2.75, 3.05) is 12.3 Å². The summed E-state index contributed by atoms with van der Waals surface area (Å²) < 4.78 is 5.41. The molecule has 0 atom stereocenters. The molecule has 1 aliphatic heterocycles. The summed E-state index contributed by atoms with van der Waals surface area (Å²) in [6.45, 7) is 1.36. The van der Waals surface area contributed by atoms with Gasteiger partial charge in [-0.2, -0.15) is 0 Å². The van der Waals surface area contributed by atoms with Gasteiger partial charge >= 0.3 is 0 Å². The van der Waals surface area contributed by atoms with Gasteiger partial charge in [0, 0.05) is 17.5 Å². The second-order valence-electron chi connectivity index (χ2n) is 5.54. The minimum Gasteiger partial charge on any atom is -0.484 e. The van der Waals surface area contributed by atoms with Gasteiger partial charge in [0.2, 0.25) is 0 Å². The fourth-order valence-corrected chi connectivity index (χ4v) is 2.64. The Labute approximate surface area is 134 Å². The van der Waals surface area contributed by atoms with Crippen molar-refractivity contribution >= 4 is 22.4 Å². The maximum atomic E-state index is 6.18. The minimum atomic E-state index is 0.516. The van der Waals surface area contributed by atoms with Crippen molar-refractivity contribution in [3.8, 4) is 0 Å². The molecular formula is C19H17N3O. The van der Waals surface area contributed by atoms with Gasteiger partial charge in [-0.05, 0) is 17.7 Å². The van der Waals surface area contributed by atoms with Crippen LogP contribution in [0, 0.1) is 0 Å². The Balaban J connectivity index is 1.69. The molecule has 0 bridgehead atoms. The topological polar surface area (TPSA) is 63.5 Å². The molecule has 0 unspecified atom stereocenters. The van der Waals surface area contributed by atoms with Crippen molar-refractivity contribution < 1.29 is 4.74 Å². The van der Waals surface area contributed by atoms with Gasteiger partial charge in [-0.25, -0.2) is 4.98 Å². The average Bonchev–Trinajstić information content (AvgIpc) is 3.41. The lowest BCUT2D eigenvalue weighted by molar-refractivity contribution is 0.509. The minimum absolute atomic E-state index is 0.516. The SMILES string of the molecule is Nc1nc2ccccc2cc1C(NCc1ccccc1)=C1CO1. The largest absolute Gasteiger partial charge is 0.484 e. The standard InChI is InChI=1S/C19H17N3O/c20-19-15(10-14-8-4-5-9-16(14)22-19)18(17-12-23-17)21-11-13-6-2-1-3-7-13/h1-10,21H,11-12H2,(H2,20,22). The van der Waals surface area contributed by atoms with E-state index >= 15 is 0 Å². The maximum Gasteiger partial charge on any atom is 0.158 e. The first-order valence-electron chi connectivity index (χ1n) is 7.60. The number of pyridine rings is 1. The predicted molar refractivity (Wildman–Crippen MR) is 92.3 cm³/mol. The number of aromatic nitrogens is 1. The van der Waals surface area contributed by atoms with Crippen molar-refractivity contribution in [1.82, 2.24) is 10.3 Å². The van der Waals surface area contributed by atoms with Crippen molar-refractivity contribution in [1.29, 1.82) is 0 Å². The lowest BCUT2D eigenvalue weighted by Crippen LogP contribution is -2.14. The zero-order valence-corrected chi connectivity index (χ0v) is 12.6. The Morgan fingerprint density at radius 3 is 2.61 bits per heavy atom. The van der Waals surface area contributed by atoms with E-state index in [4.69, 9.17) is 10.5 Å². The van der Waals surface area contributed by atoms with E-state index in [2.05, 4.69) is 28.5 Å². The molecule has 3 N–H and O–H groups in total. The van der Waals surface area contributed by atoms with E-state index in [0.717, 1.165) is 34.5 Å². The Kier molecular flexibility index (Phi) is 3.35. The molecule has 2 aromatic carbocycles. The highest BCUT2D eigenvalue weighted by Gasteiger charge is 2.23. The van der Waals surface area contributed by atoms with Crippen LogP contribution in [0.15, 0.2) is 66.4 Å². The summed E-state index contributed by atoms with van der Waals surface area (Å²) in [6.07, 6.45) is 0. The number of nitrogens with two attached hydrogens (primary N) is 1. The van der Waals surface area contributed by atoms with E-state index in [1.165, 1.54) is 5.56 Å². The van der Waals surface area contributed by atoms with Crippen molar-refractivity contribution in [3.05, 3.63) is 77.5 Å². The highest BCUT2D eigenvalue weighted by atomic mass is 16.6. The third-order valence-electron chi connectivity index (χ3n) is 3.90. The molecule has 23 heavy (non-hydrogen) atoms. The molecule has 0 aliphatic carbocycles. The number of nitrogen functional groups attached to an aromatic ring is 1. The lowest BCUT2D eigenvalue weighted by atomic mass is 10.1. The maximum absolute atomic E-state index is 6.18. The fraction of sp³-hybridized carbons (Fsp3) is 0.105. The molecule has 3 aromatic rings. The highest BCUT2D eigenvalue weighted by Crippen LogP contribution is 2.30. The van der Waals surface area contributed by atoms with Gasteiger partial charge in [0.1, 0.15) is 12.4 Å². The van der Waals surface area contributed by atoms with E-state index in [1.807, 2.05) is 42.5 Å². The number of hydrogen-bond acceptors (Lipinski definition) is 4. The molecule has 2 heterocycles. The third kappa shape index (κ3) is 2.83. The van der Waals surface area contributed by atoms with Gasteiger partial charge in [-0.15, -0.1) is 0 Å². The summed E-state index contributed by atoms with van der Waals surface area (Å²) in [4.78, 5) is 4.51. The van der Waals surface area contributed by atoms with Crippen LogP contribution < -0.4 is 11.1 Å². The molecule has 0 radical (unpaired) electrons. The van der Waals surface area contributed by atoms with Crippen LogP contribution in [0.4, 0.5) is 5.82 Å². The second kappa shape index (κ2) is 5.65. The number of rotatable bonds is 4. The average molecular weight is 303 g/mol. The van der Waals surface area contributed by atoms with Gasteiger partial charge in [-0.1, -0.05) is 48.5 Å². The number of hydrogen-bond donors (Lipinski definition) is 2. The number of anilines is 1. The van der Waals surface area contributed by atoms with E-state index in [1.54, 1.807) is 0 Å². The lowest BCUT2D eigenvalue weighted by Gasteiger charge is -2.13. The van der Waals surface area contributed by atoms with Crippen molar-refractivity contribution in [2.45, 2.75) is 6.54 Å². The molecule has 1 saturated heterocycles. The van der Waals surface area contributed by atoms with Crippen LogP contribution in [0.1, 0.15) is 11.1 Å². The number of ether oxygens (including phenoxy) is 1. The molecule has 1 fully saturated rings. The molecule has 0 amide bonds. The van der Waals surface area contributed by atoms with E-state index in [0.29, 0.717) is 12.4 Å². The molecule has 1 aromatic heterocycles. The monoisotopic (exact) mass is 303 g/mol. The normalized spacial score (nSPS) is 15.1. The summed E-state index contributed by atoms with van der Waals surface area (Å²) >= 11 is 0. The van der Waals surface area contributed by atoms with Crippen LogP contribution in [0.2, 0.25) is 0 Å². The van der Waals surface area contributed by atoms with E-state index < -0.39 is 0 Å². The molecular weight excluding hydrogens is 286 g/mol. The zero-order chi connectivity index (χ0) is 15.6. The molecule has 4 rings (SSSR count). The summed E-state index contributed by atoms with van der Waals surface area (Å²) in [5.74, 6) is 1.45. The van der Waals surface area contributed by atoms with E-state index in [9.17, 15) is 0 Å². The van der Waals surface area contributed by atoms with Gasteiger partial charge < -0.3 is 15.8 Å². The van der Waals surface area contributed by atoms with Crippen LogP contribution in [0.3, 0.4) is 0 Å². The van der Waals surface area contributed by atoms with Crippen LogP contribution in [-0.4, -0.2) is 11.6 Å². The van der Waals surface area contributed by atoms with Crippen LogP contribution in [0.25, 0.3) is 16.6 Å². The number of nitrogens with one attached hydrogen (secondary N) is 1. The molecule has 1 aliphatic rings. The molecule has 4 heteroatoms. The summed E-state index contributed by atoms with van der Waals surface area (Å²) in [7, 11) is 0. The second-order valence-corrected chi connectivity index (χ2v) is 5.54. The zero-order valence-electron chi connectivity index (χ0n) is 12.6. The number of nitrogens with zero attached hydrogens (tertiary/aromatic N) is 1. The number of para-hydroxylation sites is 1. The van der Waals surface area contributed by atoms with E-state index in [-0.39, 0.29) is 0 Å². The Bertz CT molecular complexity index is 882. The van der Waals surface area contributed by atoms with Gasteiger partial charge in [0.25, 0.3) is 0 Å². The first-order valence-corrected chi connectivity index (χ1v) is 7.60. The van der Waals surface area contributed by atoms with Crippen LogP contribution in [0.5, 0.6) is 0 Å². The number of epoxide rings is 1. The smallest absolute Gasteiger partial charge is 0.158 e. The fourth-order valence-electron chi connectivity index (χ4n) is 2.64. The predicted octanol–water partition coefficient (Wildman–Crippen LogP) is 3.31. The van der Waals surface area contributed by atoms with Crippen molar-refractivity contribution in [2.24, 2.45) is 0 Å². The molecule has 4 nitrogen and oxygen atoms in total. The summed E-state index contributed by atoms with van der Waals surface area (Å²) in [6, 6.07) is 20.3. The molecule has 0 saturated carbocycles. The molecule has 0 spiro atoms. The summed E-state index contributed by atoms with van der Waals surface area (Å²) in [5.41, 5.74) is 10.1. The van der Waals surface area contributed by atoms with Gasteiger partial charge in [0.05, 0.1) is 11.2 Å². The van der Waals surface area contributed by atoms with Crippen molar-refractivity contribution in [3.63, 3.8) is 0 Å². The Morgan fingerprint density at radius 2 is 1.83 bits per heavy atom. The first-order chi connectivity index (χ1) is 11.3. The quantitative estimate of drug-likeness (QED) is 0.726. The summed E-state index contributed by atoms with van der Waals surface area (Å²) in [5, 5.41) is 4.52. The third-order valence-corrected chi connectivity index (χ3v) is 3.90. The Morgan fingerprint density at radius 1 is 1.09 bits per heavy atom. The number of fused-ring (bicyclic) bond motifs is 1. The van der Waals surface area contributed by atoms with Gasteiger partial charge in [0.15, 0.2) is 5.76 Å². The number of benzene rings is 2. The molecule has 114 valence electrons. The first kappa shape index (κ1) is 13.6. The van der Waals surface area contributed by atoms with Gasteiger partial charge in [-0.3, -0.25) is 0 Å². The van der Waals surface area contributed by atoms with Crippen LogP contribution >= 0.6 is 0 Å².